The lowest BCUT2D eigenvalue weighted by atomic mass is 10.2. The van der Waals surface area contributed by atoms with Crippen LogP contribution in [0.25, 0.3) is 21.3 Å². The van der Waals surface area contributed by atoms with Crippen molar-refractivity contribution in [2.24, 2.45) is 0 Å². The molecule has 9 heteroatoms. The highest BCUT2D eigenvalue weighted by Gasteiger charge is 2.11. The van der Waals surface area contributed by atoms with E-state index in [1.54, 1.807) is 18.5 Å². The molecule has 0 atom stereocenters. The van der Waals surface area contributed by atoms with E-state index < -0.39 is 0 Å². The van der Waals surface area contributed by atoms with Crippen LogP contribution >= 0.6 is 23.1 Å². The second-order valence-electron chi connectivity index (χ2n) is 5.77. The van der Waals surface area contributed by atoms with E-state index in [9.17, 15) is 4.39 Å². The molecule has 4 heterocycles. The Morgan fingerprint density at radius 3 is 2.82 bits per heavy atom. The van der Waals surface area contributed by atoms with Crippen molar-refractivity contribution in [3.8, 4) is 0 Å². The van der Waals surface area contributed by atoms with Gasteiger partial charge in [0.25, 0.3) is 0 Å². The summed E-state index contributed by atoms with van der Waals surface area (Å²) in [5.74, 6) is 0.332. The van der Waals surface area contributed by atoms with E-state index in [2.05, 4.69) is 30.2 Å². The third-order valence-electron chi connectivity index (χ3n) is 3.93. The number of halogens is 1. The number of rotatable bonds is 4. The molecule has 0 aliphatic rings. The number of thiazole rings is 1. The first-order valence-electron chi connectivity index (χ1n) is 8.28. The van der Waals surface area contributed by atoms with E-state index in [1.807, 2.05) is 30.3 Å². The third-order valence-corrected chi connectivity index (χ3v) is 5.78. The molecule has 0 radical (unpaired) electrons. The van der Waals surface area contributed by atoms with Gasteiger partial charge in [0.05, 0.1) is 5.52 Å². The zero-order chi connectivity index (χ0) is 18.9. The summed E-state index contributed by atoms with van der Waals surface area (Å²) >= 11 is 2.65. The fourth-order valence-corrected chi connectivity index (χ4v) is 4.25. The number of benzene rings is 1. The Balaban J connectivity index is 1.46. The van der Waals surface area contributed by atoms with E-state index in [0.717, 1.165) is 26.1 Å². The number of anilines is 2. The van der Waals surface area contributed by atoms with Gasteiger partial charge < -0.3 is 5.32 Å². The minimum Gasteiger partial charge on any atom is -0.316 e. The van der Waals surface area contributed by atoms with E-state index in [0.29, 0.717) is 16.0 Å². The maximum Gasteiger partial charge on any atom is 0.190 e. The Morgan fingerprint density at radius 2 is 1.89 bits per heavy atom. The molecule has 0 spiro atoms. The van der Waals surface area contributed by atoms with Crippen molar-refractivity contribution in [3.05, 3.63) is 67.0 Å². The fraction of sp³-hybridized carbons (Fsp3) is 0. The van der Waals surface area contributed by atoms with Crippen molar-refractivity contribution in [3.63, 3.8) is 0 Å². The minimum atomic E-state index is -0.358. The minimum absolute atomic E-state index is 0.310. The van der Waals surface area contributed by atoms with Crippen molar-refractivity contribution in [2.45, 2.75) is 9.92 Å². The van der Waals surface area contributed by atoms with Gasteiger partial charge in [-0.2, -0.15) is 0 Å². The van der Waals surface area contributed by atoms with Crippen molar-refractivity contribution in [1.82, 2.24) is 24.9 Å². The van der Waals surface area contributed by atoms with Gasteiger partial charge in [-0.15, -0.1) is 0 Å². The summed E-state index contributed by atoms with van der Waals surface area (Å²) in [6, 6.07) is 12.6. The van der Waals surface area contributed by atoms with Gasteiger partial charge in [0, 0.05) is 22.7 Å². The smallest absolute Gasteiger partial charge is 0.190 e. The number of pyridine rings is 2. The molecule has 0 saturated carbocycles. The van der Waals surface area contributed by atoms with Gasteiger partial charge in [-0.25, -0.2) is 29.3 Å². The highest BCUT2D eigenvalue weighted by Crippen LogP contribution is 2.33. The molecule has 6 nitrogen and oxygen atoms in total. The number of nitrogens with one attached hydrogen (secondary N) is 1. The highest BCUT2D eigenvalue weighted by molar-refractivity contribution is 7.99. The van der Waals surface area contributed by atoms with Gasteiger partial charge in [-0.1, -0.05) is 35.2 Å². The molecule has 0 amide bonds. The molecule has 28 heavy (non-hydrogen) atoms. The largest absolute Gasteiger partial charge is 0.316 e. The molecule has 5 aromatic rings. The number of aromatic nitrogens is 5. The van der Waals surface area contributed by atoms with Crippen molar-refractivity contribution in [2.75, 3.05) is 5.32 Å². The molecule has 4 aromatic heterocycles. The second kappa shape index (κ2) is 7.10. The lowest BCUT2D eigenvalue weighted by molar-refractivity contribution is 0.588. The number of nitrogens with zero attached hydrogens (tertiary/aromatic N) is 5. The van der Waals surface area contributed by atoms with Crippen molar-refractivity contribution in [1.29, 1.82) is 0 Å². The molecule has 1 N–H and O–H groups in total. The maximum atomic E-state index is 13.8. The number of para-hydroxylation sites is 1. The number of hydrogen-bond donors (Lipinski definition) is 1. The predicted molar refractivity (Wildman–Crippen MR) is 109 cm³/mol. The first-order chi connectivity index (χ1) is 13.8. The molecule has 5 rings (SSSR count). The van der Waals surface area contributed by atoms with E-state index >= 15 is 0 Å². The van der Waals surface area contributed by atoms with Gasteiger partial charge in [-0.3, -0.25) is 0 Å². The van der Waals surface area contributed by atoms with Crippen LogP contribution in [0.15, 0.2) is 71.1 Å². The maximum absolute atomic E-state index is 13.8. The number of fused-ring (bicyclic) bond motifs is 2. The third kappa shape index (κ3) is 3.25. The van der Waals surface area contributed by atoms with Crippen LogP contribution in [-0.4, -0.2) is 24.9 Å². The van der Waals surface area contributed by atoms with Gasteiger partial charge in [-0.05, 0) is 30.3 Å². The lowest BCUT2D eigenvalue weighted by Gasteiger charge is -2.04. The summed E-state index contributed by atoms with van der Waals surface area (Å²) in [5.41, 5.74) is 1.59. The quantitative estimate of drug-likeness (QED) is 0.447. The molecule has 1 aromatic carbocycles. The van der Waals surface area contributed by atoms with Crippen LogP contribution in [0.4, 0.5) is 15.3 Å². The van der Waals surface area contributed by atoms with E-state index in [4.69, 9.17) is 0 Å². The molecule has 0 saturated heterocycles. The van der Waals surface area contributed by atoms with Gasteiger partial charge in [0.2, 0.25) is 0 Å². The molecule has 136 valence electrons. The Labute approximate surface area is 166 Å². The van der Waals surface area contributed by atoms with E-state index in [1.165, 1.54) is 35.5 Å². The average Bonchev–Trinajstić information content (AvgIpc) is 3.12. The first kappa shape index (κ1) is 17.0. The molecule has 0 aliphatic carbocycles. The van der Waals surface area contributed by atoms with Crippen LogP contribution in [0, 0.1) is 5.82 Å². The molecular formula is C19H11FN6S2. The monoisotopic (exact) mass is 406 g/mol. The Hall–Kier alpha value is -3.17. The van der Waals surface area contributed by atoms with Crippen LogP contribution < -0.4 is 5.32 Å². The molecule has 0 bridgehead atoms. The van der Waals surface area contributed by atoms with Gasteiger partial charge in [0.15, 0.2) is 10.9 Å². The zero-order valence-corrected chi connectivity index (χ0v) is 15.8. The van der Waals surface area contributed by atoms with E-state index in [-0.39, 0.29) is 5.82 Å². The average molecular weight is 406 g/mol. The predicted octanol–water partition coefficient (Wildman–Crippen LogP) is 5.06. The zero-order valence-electron chi connectivity index (χ0n) is 14.2. The summed E-state index contributed by atoms with van der Waals surface area (Å²) in [4.78, 5) is 23.2. The lowest BCUT2D eigenvalue weighted by Crippen LogP contribution is -1.95. The molecule has 0 unspecified atom stereocenters. The van der Waals surface area contributed by atoms with Gasteiger partial charge in [0.1, 0.15) is 27.5 Å². The van der Waals surface area contributed by atoms with Crippen LogP contribution in [0.2, 0.25) is 0 Å². The Kier molecular flexibility index (Phi) is 4.30. The van der Waals surface area contributed by atoms with Crippen LogP contribution in [0.3, 0.4) is 0 Å². The number of hydrogen-bond acceptors (Lipinski definition) is 8. The Bertz CT molecular complexity index is 1300. The summed E-state index contributed by atoms with van der Waals surface area (Å²) < 4.78 is 13.8. The van der Waals surface area contributed by atoms with Gasteiger partial charge >= 0.3 is 0 Å². The first-order valence-corrected chi connectivity index (χ1v) is 9.91. The normalized spacial score (nSPS) is 11.2. The van der Waals surface area contributed by atoms with Crippen molar-refractivity contribution >= 4 is 55.3 Å². The van der Waals surface area contributed by atoms with Crippen LogP contribution in [-0.2, 0) is 0 Å². The second-order valence-corrected chi connectivity index (χ2v) is 7.81. The van der Waals surface area contributed by atoms with Crippen molar-refractivity contribution < 1.29 is 4.39 Å². The highest BCUT2D eigenvalue weighted by atomic mass is 32.2. The van der Waals surface area contributed by atoms with Crippen LogP contribution in [0.1, 0.15) is 0 Å². The molecular weight excluding hydrogens is 395 g/mol. The summed E-state index contributed by atoms with van der Waals surface area (Å²) in [7, 11) is 0. The molecule has 0 fully saturated rings. The standard InChI is InChI=1S/C19H11FN6S2/c20-13-5-3-7-21-17(13)27-11-8-15-18(22-9-11)28-19(25-15)26-16-12-4-1-2-6-14(12)23-10-24-16/h1-10H,(H,23,24,25,26). The summed E-state index contributed by atoms with van der Waals surface area (Å²) in [5, 5.41) is 5.16. The topological polar surface area (TPSA) is 76.5 Å². The summed E-state index contributed by atoms with van der Waals surface area (Å²) in [6.07, 6.45) is 4.78. The molecule has 0 aliphatic heterocycles. The SMILES string of the molecule is Fc1cccnc1Sc1cnc2sc(Nc3ncnc4ccccc34)nc2c1. The summed E-state index contributed by atoms with van der Waals surface area (Å²) in [6.45, 7) is 0. The van der Waals surface area contributed by atoms with Crippen LogP contribution in [0.5, 0.6) is 0 Å². The fourth-order valence-electron chi connectivity index (χ4n) is 2.68. The Morgan fingerprint density at radius 1 is 0.964 bits per heavy atom.